The molecule has 0 saturated heterocycles. The third kappa shape index (κ3) is 3.18. The lowest BCUT2D eigenvalue weighted by Gasteiger charge is -2.26. The second kappa shape index (κ2) is 5.27. The zero-order chi connectivity index (χ0) is 12.2. The molecule has 0 heterocycles. The maximum Gasteiger partial charge on any atom is 0.124 e. The zero-order valence-electron chi connectivity index (χ0n) is 9.43. The van der Waals surface area contributed by atoms with Crippen molar-refractivity contribution in [3.05, 3.63) is 36.9 Å². The quantitative estimate of drug-likeness (QED) is 0.586. The largest absolute Gasteiger partial charge is 0.768 e. The van der Waals surface area contributed by atoms with Crippen LogP contribution in [-0.4, -0.2) is 14.4 Å². The molecule has 1 aromatic rings. The lowest BCUT2D eigenvalue weighted by atomic mass is 10.0. The summed E-state index contributed by atoms with van der Waals surface area (Å²) in [6.07, 6.45) is 2.54. The van der Waals surface area contributed by atoms with Gasteiger partial charge in [0.1, 0.15) is 11.4 Å². The van der Waals surface area contributed by atoms with E-state index in [0.717, 1.165) is 6.42 Å². The van der Waals surface area contributed by atoms with E-state index in [1.54, 1.807) is 18.2 Å². The van der Waals surface area contributed by atoms with Crippen molar-refractivity contribution in [3.63, 3.8) is 0 Å². The molecule has 2 unspecified atom stereocenters. The van der Waals surface area contributed by atoms with E-state index in [9.17, 15) is 8.76 Å². The zero-order valence-corrected chi connectivity index (χ0v) is 10.3. The van der Waals surface area contributed by atoms with E-state index in [-0.39, 0.29) is 4.90 Å². The van der Waals surface area contributed by atoms with Crippen LogP contribution in [0.25, 0.3) is 0 Å². The Morgan fingerprint density at radius 2 is 2.06 bits per heavy atom. The van der Waals surface area contributed by atoms with Crippen LogP contribution in [0, 0.1) is 0 Å². The van der Waals surface area contributed by atoms with Crippen molar-refractivity contribution in [2.24, 2.45) is 0 Å². The van der Waals surface area contributed by atoms with Gasteiger partial charge < -0.3 is 9.29 Å². The Labute approximate surface area is 98.4 Å². The van der Waals surface area contributed by atoms with Crippen LogP contribution < -0.4 is 4.74 Å². The molecular weight excluding hydrogens is 224 g/mol. The van der Waals surface area contributed by atoms with Crippen molar-refractivity contribution in [3.8, 4) is 5.75 Å². The van der Waals surface area contributed by atoms with Gasteiger partial charge in [-0.3, -0.25) is 4.21 Å². The average Bonchev–Trinajstić information content (AvgIpc) is 2.29. The van der Waals surface area contributed by atoms with Crippen LogP contribution >= 0.6 is 0 Å². The van der Waals surface area contributed by atoms with E-state index in [1.807, 2.05) is 13.8 Å². The van der Waals surface area contributed by atoms with Gasteiger partial charge in [0.25, 0.3) is 0 Å². The monoisotopic (exact) mass is 239 g/mol. The molecule has 16 heavy (non-hydrogen) atoms. The summed E-state index contributed by atoms with van der Waals surface area (Å²) in [4.78, 5) is 0.254. The van der Waals surface area contributed by atoms with Crippen molar-refractivity contribution in [1.29, 1.82) is 0 Å². The number of ether oxygens (including phenoxy) is 1. The standard InChI is InChI=1S/C12H16O3S/c1-4-12(3,5-2)15-10-6-8-11(9-7-10)16(13)14/h4,6-9H,1,5H2,2-3H3,(H,13,14)/p-1. The predicted octanol–water partition coefficient (Wildman–Crippen LogP) is 2.66. The smallest absolute Gasteiger partial charge is 0.124 e. The first-order chi connectivity index (χ1) is 7.50. The van der Waals surface area contributed by atoms with Gasteiger partial charge in [0.15, 0.2) is 0 Å². The van der Waals surface area contributed by atoms with Gasteiger partial charge in [-0.1, -0.05) is 13.5 Å². The Hall–Kier alpha value is -1.13. The van der Waals surface area contributed by atoms with Crippen LogP contribution in [0.2, 0.25) is 0 Å². The van der Waals surface area contributed by atoms with E-state index < -0.39 is 16.7 Å². The van der Waals surface area contributed by atoms with Crippen LogP contribution in [-0.2, 0) is 11.1 Å². The van der Waals surface area contributed by atoms with E-state index in [4.69, 9.17) is 4.74 Å². The molecule has 0 amide bonds. The van der Waals surface area contributed by atoms with Gasteiger partial charge in [-0.05, 0) is 54.8 Å². The maximum absolute atomic E-state index is 10.7. The van der Waals surface area contributed by atoms with E-state index >= 15 is 0 Å². The fourth-order valence-corrected chi connectivity index (χ4v) is 1.50. The molecule has 4 heteroatoms. The van der Waals surface area contributed by atoms with Crippen molar-refractivity contribution >= 4 is 11.1 Å². The molecule has 0 aliphatic carbocycles. The molecule has 2 atom stereocenters. The minimum atomic E-state index is -2.19. The third-order valence-corrected chi connectivity index (χ3v) is 3.16. The summed E-state index contributed by atoms with van der Waals surface area (Å²) in [7, 11) is 0. The number of hydrogen-bond acceptors (Lipinski definition) is 3. The highest BCUT2D eigenvalue weighted by atomic mass is 32.2. The molecule has 1 rings (SSSR count). The number of hydrogen-bond donors (Lipinski definition) is 0. The molecule has 0 radical (unpaired) electrons. The van der Waals surface area contributed by atoms with E-state index in [0.29, 0.717) is 5.75 Å². The minimum absolute atomic E-state index is 0.254. The van der Waals surface area contributed by atoms with Gasteiger partial charge in [-0.15, -0.1) is 0 Å². The molecule has 0 aliphatic heterocycles. The molecule has 0 aromatic heterocycles. The Morgan fingerprint density at radius 3 is 2.44 bits per heavy atom. The highest BCUT2D eigenvalue weighted by Crippen LogP contribution is 2.23. The molecule has 3 nitrogen and oxygen atoms in total. The summed E-state index contributed by atoms with van der Waals surface area (Å²) in [5, 5.41) is 0. The molecule has 0 fully saturated rings. The van der Waals surface area contributed by atoms with Crippen LogP contribution in [0.5, 0.6) is 5.75 Å². The molecular formula is C12H15O3S-. The molecule has 0 aliphatic rings. The Balaban J connectivity index is 2.83. The van der Waals surface area contributed by atoms with Gasteiger partial charge in [0, 0.05) is 4.90 Å². The van der Waals surface area contributed by atoms with Crippen molar-refractivity contribution in [2.75, 3.05) is 0 Å². The molecule has 0 N–H and O–H groups in total. The normalized spacial score (nSPS) is 16.2. The van der Waals surface area contributed by atoms with Gasteiger partial charge in [-0.25, -0.2) is 0 Å². The molecule has 1 aromatic carbocycles. The van der Waals surface area contributed by atoms with Gasteiger partial charge in [-0.2, -0.15) is 0 Å². The summed E-state index contributed by atoms with van der Waals surface area (Å²) in [6, 6.07) is 6.31. The lowest BCUT2D eigenvalue weighted by molar-refractivity contribution is 0.136. The van der Waals surface area contributed by atoms with Crippen molar-refractivity contribution < 1.29 is 13.5 Å². The van der Waals surface area contributed by atoms with E-state index in [2.05, 4.69) is 6.58 Å². The summed E-state index contributed by atoms with van der Waals surface area (Å²) in [5.41, 5.74) is -0.419. The number of benzene rings is 1. The fourth-order valence-electron chi connectivity index (χ4n) is 1.15. The van der Waals surface area contributed by atoms with Crippen molar-refractivity contribution in [2.45, 2.75) is 30.8 Å². The summed E-state index contributed by atoms with van der Waals surface area (Å²) >= 11 is -2.19. The Morgan fingerprint density at radius 1 is 1.50 bits per heavy atom. The van der Waals surface area contributed by atoms with Crippen LogP contribution in [0.4, 0.5) is 0 Å². The van der Waals surface area contributed by atoms with E-state index in [1.165, 1.54) is 12.1 Å². The molecule has 88 valence electrons. The Bertz CT molecular complexity index is 386. The first-order valence-corrected chi connectivity index (χ1v) is 6.10. The lowest BCUT2D eigenvalue weighted by Crippen LogP contribution is -2.28. The van der Waals surface area contributed by atoms with Crippen LogP contribution in [0.15, 0.2) is 41.8 Å². The van der Waals surface area contributed by atoms with Crippen LogP contribution in [0.1, 0.15) is 20.3 Å². The van der Waals surface area contributed by atoms with Gasteiger partial charge in [0.2, 0.25) is 0 Å². The second-order valence-corrected chi connectivity index (χ2v) is 4.62. The predicted molar refractivity (Wildman–Crippen MR) is 63.1 cm³/mol. The molecule has 0 saturated carbocycles. The first-order valence-electron chi connectivity index (χ1n) is 5.02. The maximum atomic E-state index is 10.7. The fraction of sp³-hybridized carbons (Fsp3) is 0.333. The SMILES string of the molecule is C=CC(C)(CC)Oc1ccc(S(=O)[O-])cc1. The average molecular weight is 239 g/mol. The minimum Gasteiger partial charge on any atom is -0.768 e. The summed E-state index contributed by atoms with van der Waals surface area (Å²) in [6.45, 7) is 7.65. The summed E-state index contributed by atoms with van der Waals surface area (Å²) in [5.74, 6) is 0.637. The third-order valence-electron chi connectivity index (χ3n) is 2.50. The highest BCUT2D eigenvalue weighted by molar-refractivity contribution is 7.79. The van der Waals surface area contributed by atoms with Crippen LogP contribution in [0.3, 0.4) is 0 Å². The highest BCUT2D eigenvalue weighted by Gasteiger charge is 2.19. The van der Waals surface area contributed by atoms with Gasteiger partial charge >= 0.3 is 0 Å². The molecule has 0 bridgehead atoms. The number of rotatable bonds is 5. The van der Waals surface area contributed by atoms with Crippen molar-refractivity contribution in [1.82, 2.24) is 0 Å². The first kappa shape index (κ1) is 12.9. The summed E-state index contributed by atoms with van der Waals surface area (Å²) < 4.78 is 27.0. The second-order valence-electron chi connectivity index (χ2n) is 3.68. The van der Waals surface area contributed by atoms with Gasteiger partial charge in [0.05, 0.1) is 0 Å². The topological polar surface area (TPSA) is 49.4 Å². The molecule has 0 spiro atoms. The Kier molecular flexibility index (Phi) is 4.26.